The standard InChI is InChI=1S/C25H25N5O5/c1-33-21-4-3-16(9-22(21)34-2)13-29-24(31)17(12-26)10-18-14-27-23-20(18)11-19(15-28-23)25(32)30-5-7-35-8-6-30/h3-4,9-11,14-15H,5-8,13H2,1-2H3,(H,27,28)(H,29,31)/b17-10+. The van der Waals surface area contributed by atoms with Crippen molar-refractivity contribution in [2.45, 2.75) is 6.54 Å². The lowest BCUT2D eigenvalue weighted by molar-refractivity contribution is -0.117. The molecule has 0 unspecified atom stereocenters. The summed E-state index contributed by atoms with van der Waals surface area (Å²) in [4.78, 5) is 34.6. The second kappa shape index (κ2) is 10.7. The summed E-state index contributed by atoms with van der Waals surface area (Å²) in [5.41, 5.74) is 2.29. The zero-order valence-electron chi connectivity index (χ0n) is 19.5. The molecule has 0 aliphatic carbocycles. The number of hydrogen-bond donors (Lipinski definition) is 2. The van der Waals surface area contributed by atoms with Gasteiger partial charge in [0.25, 0.3) is 11.8 Å². The number of amides is 2. The number of rotatable bonds is 7. The van der Waals surface area contributed by atoms with Gasteiger partial charge in [-0.05, 0) is 29.8 Å². The van der Waals surface area contributed by atoms with Gasteiger partial charge in [0.15, 0.2) is 11.5 Å². The van der Waals surface area contributed by atoms with Crippen LogP contribution in [0, 0.1) is 11.3 Å². The molecule has 0 radical (unpaired) electrons. The van der Waals surface area contributed by atoms with E-state index in [1.165, 1.54) is 19.4 Å². The van der Waals surface area contributed by atoms with Crippen LogP contribution in [0.15, 0.2) is 42.2 Å². The van der Waals surface area contributed by atoms with E-state index in [4.69, 9.17) is 14.2 Å². The molecule has 2 amide bonds. The molecule has 1 saturated heterocycles. The van der Waals surface area contributed by atoms with Gasteiger partial charge in [0.1, 0.15) is 17.3 Å². The quantitative estimate of drug-likeness (QED) is 0.396. The molecule has 1 aromatic carbocycles. The fourth-order valence-electron chi connectivity index (χ4n) is 3.78. The Morgan fingerprint density at radius 3 is 2.71 bits per heavy atom. The molecule has 1 fully saturated rings. The fraction of sp³-hybridized carbons (Fsp3) is 0.280. The van der Waals surface area contributed by atoms with E-state index in [1.807, 2.05) is 6.07 Å². The topological polar surface area (TPSA) is 130 Å². The molecule has 180 valence electrons. The average molecular weight is 476 g/mol. The number of nitrogens with one attached hydrogen (secondary N) is 2. The van der Waals surface area contributed by atoms with Gasteiger partial charge in [-0.3, -0.25) is 9.59 Å². The number of pyridine rings is 1. The summed E-state index contributed by atoms with van der Waals surface area (Å²) in [6.45, 7) is 2.25. The number of aromatic amines is 1. The van der Waals surface area contributed by atoms with Crippen LogP contribution in [0.2, 0.25) is 0 Å². The number of nitriles is 1. The lowest BCUT2D eigenvalue weighted by atomic mass is 10.1. The van der Waals surface area contributed by atoms with Gasteiger partial charge >= 0.3 is 0 Å². The van der Waals surface area contributed by atoms with Crippen LogP contribution in [0.25, 0.3) is 17.1 Å². The molecule has 10 heteroatoms. The van der Waals surface area contributed by atoms with Crippen LogP contribution in [0.4, 0.5) is 0 Å². The van der Waals surface area contributed by atoms with E-state index in [0.29, 0.717) is 60.0 Å². The Hall–Kier alpha value is -4.36. The van der Waals surface area contributed by atoms with Gasteiger partial charge in [0.2, 0.25) is 0 Å². The second-order valence-corrected chi connectivity index (χ2v) is 7.81. The number of nitrogens with zero attached hydrogens (tertiary/aromatic N) is 3. The lowest BCUT2D eigenvalue weighted by Gasteiger charge is -2.26. The smallest absolute Gasteiger partial charge is 0.262 e. The first-order valence-corrected chi connectivity index (χ1v) is 11.0. The third kappa shape index (κ3) is 5.26. The number of carbonyl (C=O) groups excluding carboxylic acids is 2. The predicted octanol–water partition coefficient (Wildman–Crippen LogP) is 2.28. The molecule has 35 heavy (non-hydrogen) atoms. The molecule has 0 spiro atoms. The Kier molecular flexibility index (Phi) is 7.28. The molecule has 10 nitrogen and oxygen atoms in total. The molecule has 4 rings (SSSR count). The van der Waals surface area contributed by atoms with Crippen molar-refractivity contribution >= 4 is 28.9 Å². The fourth-order valence-corrected chi connectivity index (χ4v) is 3.78. The van der Waals surface area contributed by atoms with Gasteiger partial charge in [-0.15, -0.1) is 0 Å². The van der Waals surface area contributed by atoms with Crippen molar-refractivity contribution in [1.29, 1.82) is 5.26 Å². The minimum Gasteiger partial charge on any atom is -0.493 e. The third-order valence-corrected chi connectivity index (χ3v) is 5.67. The highest BCUT2D eigenvalue weighted by Gasteiger charge is 2.20. The Bertz CT molecular complexity index is 1320. The van der Waals surface area contributed by atoms with Crippen LogP contribution < -0.4 is 14.8 Å². The van der Waals surface area contributed by atoms with Crippen molar-refractivity contribution in [2.24, 2.45) is 0 Å². The molecular formula is C25H25N5O5. The number of morpholine rings is 1. The number of aromatic nitrogens is 2. The van der Waals surface area contributed by atoms with Crippen LogP contribution in [0.1, 0.15) is 21.5 Å². The van der Waals surface area contributed by atoms with E-state index in [9.17, 15) is 14.9 Å². The second-order valence-electron chi connectivity index (χ2n) is 7.81. The normalized spacial score (nSPS) is 13.9. The maximum Gasteiger partial charge on any atom is 0.262 e. The maximum atomic E-state index is 12.8. The van der Waals surface area contributed by atoms with E-state index in [2.05, 4.69) is 15.3 Å². The lowest BCUT2D eigenvalue weighted by Crippen LogP contribution is -2.40. The van der Waals surface area contributed by atoms with E-state index in [-0.39, 0.29) is 18.0 Å². The molecule has 3 aromatic rings. The van der Waals surface area contributed by atoms with E-state index >= 15 is 0 Å². The van der Waals surface area contributed by atoms with Crippen LogP contribution in [0.3, 0.4) is 0 Å². The maximum absolute atomic E-state index is 12.8. The summed E-state index contributed by atoms with van der Waals surface area (Å²) in [5.74, 6) is 0.473. The number of benzene rings is 1. The molecule has 1 aliphatic heterocycles. The largest absolute Gasteiger partial charge is 0.493 e. The summed E-state index contributed by atoms with van der Waals surface area (Å²) in [5, 5.41) is 13.0. The highest BCUT2D eigenvalue weighted by atomic mass is 16.5. The van der Waals surface area contributed by atoms with Crippen LogP contribution in [-0.4, -0.2) is 67.2 Å². The summed E-state index contributed by atoms with van der Waals surface area (Å²) in [7, 11) is 3.08. The highest BCUT2D eigenvalue weighted by Crippen LogP contribution is 2.27. The molecule has 0 bridgehead atoms. The number of H-pyrrole nitrogens is 1. The predicted molar refractivity (Wildman–Crippen MR) is 128 cm³/mol. The summed E-state index contributed by atoms with van der Waals surface area (Å²) in [6, 6.07) is 8.98. The molecule has 3 heterocycles. The first-order valence-electron chi connectivity index (χ1n) is 11.0. The molecule has 0 saturated carbocycles. The minimum atomic E-state index is -0.523. The van der Waals surface area contributed by atoms with Gasteiger partial charge in [-0.2, -0.15) is 5.26 Å². The number of ether oxygens (including phenoxy) is 3. The van der Waals surface area contributed by atoms with Crippen LogP contribution in [-0.2, 0) is 16.1 Å². The Morgan fingerprint density at radius 1 is 1.23 bits per heavy atom. The van der Waals surface area contributed by atoms with Gasteiger partial charge in [0.05, 0.1) is 33.0 Å². The minimum absolute atomic E-state index is 0.0729. The highest BCUT2D eigenvalue weighted by molar-refractivity contribution is 6.04. The molecular weight excluding hydrogens is 450 g/mol. The van der Waals surface area contributed by atoms with Gasteiger partial charge in [-0.25, -0.2) is 4.98 Å². The van der Waals surface area contributed by atoms with E-state index < -0.39 is 5.91 Å². The first kappa shape index (κ1) is 23.8. The molecule has 0 atom stereocenters. The number of fused-ring (bicyclic) bond motifs is 1. The number of carbonyl (C=O) groups is 2. The van der Waals surface area contributed by atoms with Crippen molar-refractivity contribution < 1.29 is 23.8 Å². The number of hydrogen-bond acceptors (Lipinski definition) is 7. The Labute approximate surface area is 202 Å². The average Bonchev–Trinajstić information content (AvgIpc) is 3.31. The van der Waals surface area contributed by atoms with Crippen LogP contribution in [0.5, 0.6) is 11.5 Å². The van der Waals surface area contributed by atoms with Crippen molar-refractivity contribution in [3.8, 4) is 17.6 Å². The van der Waals surface area contributed by atoms with Crippen LogP contribution >= 0.6 is 0 Å². The molecule has 2 aromatic heterocycles. The third-order valence-electron chi connectivity index (χ3n) is 5.67. The van der Waals surface area contributed by atoms with Crippen molar-refractivity contribution in [1.82, 2.24) is 20.2 Å². The van der Waals surface area contributed by atoms with Gasteiger partial charge < -0.3 is 29.4 Å². The van der Waals surface area contributed by atoms with E-state index in [1.54, 1.807) is 42.5 Å². The Balaban J connectivity index is 1.52. The van der Waals surface area contributed by atoms with Crippen molar-refractivity contribution in [3.63, 3.8) is 0 Å². The first-order chi connectivity index (χ1) is 17.0. The van der Waals surface area contributed by atoms with Crippen molar-refractivity contribution in [2.75, 3.05) is 40.5 Å². The van der Waals surface area contributed by atoms with Crippen molar-refractivity contribution in [3.05, 3.63) is 58.9 Å². The zero-order valence-corrected chi connectivity index (χ0v) is 19.5. The molecule has 1 aliphatic rings. The summed E-state index contributed by atoms with van der Waals surface area (Å²) >= 11 is 0. The summed E-state index contributed by atoms with van der Waals surface area (Å²) < 4.78 is 15.8. The van der Waals surface area contributed by atoms with Gasteiger partial charge in [0, 0.05) is 43.0 Å². The zero-order chi connectivity index (χ0) is 24.8. The SMILES string of the molecule is COc1ccc(CNC(=O)/C(C#N)=C/c2c[nH]c3ncc(C(=O)N4CCOCC4)cc23)cc1OC. The summed E-state index contributed by atoms with van der Waals surface area (Å²) in [6.07, 6.45) is 4.65. The monoisotopic (exact) mass is 475 g/mol. The molecule has 2 N–H and O–H groups in total. The Morgan fingerprint density at radius 2 is 2.00 bits per heavy atom. The van der Waals surface area contributed by atoms with Gasteiger partial charge in [-0.1, -0.05) is 6.07 Å². The van der Waals surface area contributed by atoms with E-state index in [0.717, 1.165) is 5.56 Å². The number of methoxy groups -OCH3 is 2.